The van der Waals surface area contributed by atoms with Crippen molar-refractivity contribution in [1.82, 2.24) is 10.2 Å². The maximum absolute atomic E-state index is 13.0. The molecule has 1 aromatic carbocycles. The van der Waals surface area contributed by atoms with E-state index in [4.69, 9.17) is 9.47 Å². The number of carbonyl (C=O) groups is 3. The van der Waals surface area contributed by atoms with E-state index in [1.165, 1.54) is 0 Å². The van der Waals surface area contributed by atoms with E-state index in [1.54, 1.807) is 14.2 Å². The first-order chi connectivity index (χ1) is 15.0. The number of ketones is 1. The van der Waals surface area contributed by atoms with Crippen LogP contribution in [0.25, 0.3) is 0 Å². The van der Waals surface area contributed by atoms with Crippen molar-refractivity contribution in [3.8, 4) is 0 Å². The van der Waals surface area contributed by atoms with Gasteiger partial charge in [0.15, 0.2) is 12.6 Å². The van der Waals surface area contributed by atoms with Gasteiger partial charge in [-0.3, -0.25) is 14.4 Å². The molecule has 1 aromatic rings. The zero-order chi connectivity index (χ0) is 22.0. The van der Waals surface area contributed by atoms with Gasteiger partial charge >= 0.3 is 0 Å². The smallest absolute Gasteiger partial charge is 0.254 e. The first-order valence-corrected chi connectivity index (χ1v) is 11.0. The number of methoxy groups -OCH3 is 2. The first kappa shape index (κ1) is 21.9. The minimum absolute atomic E-state index is 0.0369. The number of nitrogens with zero attached hydrogens (tertiary/aromatic N) is 2. The van der Waals surface area contributed by atoms with Gasteiger partial charge in [-0.05, 0) is 49.4 Å². The lowest BCUT2D eigenvalue weighted by molar-refractivity contribution is -0.141. The van der Waals surface area contributed by atoms with Gasteiger partial charge in [-0.25, -0.2) is 0 Å². The third kappa shape index (κ3) is 4.37. The van der Waals surface area contributed by atoms with Crippen LogP contribution in [0.1, 0.15) is 41.6 Å². The van der Waals surface area contributed by atoms with E-state index in [0.29, 0.717) is 31.7 Å². The van der Waals surface area contributed by atoms with Gasteiger partial charge in [-0.1, -0.05) is 0 Å². The van der Waals surface area contributed by atoms with Crippen molar-refractivity contribution in [1.29, 1.82) is 0 Å². The van der Waals surface area contributed by atoms with Gasteiger partial charge in [0, 0.05) is 63.6 Å². The van der Waals surface area contributed by atoms with Crippen LogP contribution in [0, 0.1) is 5.92 Å². The van der Waals surface area contributed by atoms with Crippen molar-refractivity contribution < 1.29 is 23.9 Å². The average Bonchev–Trinajstić information content (AvgIpc) is 3.15. The molecule has 1 amide bonds. The summed E-state index contributed by atoms with van der Waals surface area (Å²) in [5, 5.41) is 3.13. The summed E-state index contributed by atoms with van der Waals surface area (Å²) < 4.78 is 10.8. The number of benzene rings is 1. The fraction of sp³-hybridized carbons (Fsp3) is 0.609. The molecule has 0 spiro atoms. The third-order valence-electron chi connectivity index (χ3n) is 6.96. The van der Waals surface area contributed by atoms with E-state index in [0.717, 1.165) is 49.2 Å². The Morgan fingerprint density at radius 3 is 2.52 bits per heavy atom. The largest absolute Gasteiger partial charge is 0.372 e. The summed E-state index contributed by atoms with van der Waals surface area (Å²) in [6, 6.07) is 5.75. The Morgan fingerprint density at radius 2 is 1.90 bits per heavy atom. The van der Waals surface area contributed by atoms with Crippen molar-refractivity contribution in [2.45, 2.75) is 50.6 Å². The lowest BCUT2D eigenvalue weighted by Gasteiger charge is -2.36. The quantitative estimate of drug-likeness (QED) is 0.398. The number of aldehydes is 1. The predicted octanol–water partition coefficient (Wildman–Crippen LogP) is 1.37. The van der Waals surface area contributed by atoms with Crippen molar-refractivity contribution in [3.63, 3.8) is 0 Å². The molecule has 3 aliphatic heterocycles. The van der Waals surface area contributed by atoms with E-state index in [2.05, 4.69) is 16.3 Å². The Hall–Kier alpha value is -2.29. The van der Waals surface area contributed by atoms with Crippen LogP contribution in [0.3, 0.4) is 0 Å². The Kier molecular flexibility index (Phi) is 6.69. The normalized spacial score (nSPS) is 24.5. The summed E-state index contributed by atoms with van der Waals surface area (Å²) >= 11 is 0. The Labute approximate surface area is 182 Å². The predicted molar refractivity (Wildman–Crippen MR) is 115 cm³/mol. The van der Waals surface area contributed by atoms with Crippen LogP contribution in [-0.4, -0.2) is 75.1 Å². The molecule has 2 atom stereocenters. The van der Waals surface area contributed by atoms with Crippen LogP contribution in [0.5, 0.6) is 0 Å². The number of piperidine rings is 2. The number of rotatable bonds is 7. The van der Waals surface area contributed by atoms with Crippen LogP contribution in [-0.2, 0) is 25.6 Å². The van der Waals surface area contributed by atoms with Crippen molar-refractivity contribution in [2.24, 2.45) is 5.92 Å². The molecule has 31 heavy (non-hydrogen) atoms. The summed E-state index contributed by atoms with van der Waals surface area (Å²) in [5.41, 5.74) is 2.97. The fourth-order valence-corrected chi connectivity index (χ4v) is 5.16. The average molecular weight is 430 g/mol. The molecule has 0 radical (unpaired) electrons. The molecule has 8 heteroatoms. The molecule has 3 aliphatic rings. The number of anilines is 1. The minimum Gasteiger partial charge on any atom is -0.372 e. The van der Waals surface area contributed by atoms with Crippen LogP contribution in [0.2, 0.25) is 0 Å². The van der Waals surface area contributed by atoms with Gasteiger partial charge in [-0.15, -0.1) is 0 Å². The Balaban J connectivity index is 1.38. The molecule has 1 N–H and O–H groups in total. The molecule has 3 heterocycles. The van der Waals surface area contributed by atoms with E-state index in [-0.39, 0.29) is 18.2 Å². The van der Waals surface area contributed by atoms with Crippen LogP contribution in [0.15, 0.2) is 18.2 Å². The number of hydrogen-bond donors (Lipinski definition) is 1. The van der Waals surface area contributed by atoms with Gasteiger partial charge in [-0.2, -0.15) is 0 Å². The summed E-state index contributed by atoms with van der Waals surface area (Å²) in [6.07, 6.45) is 3.53. The number of nitrogens with one attached hydrogen (secondary N) is 1. The molecule has 2 saturated heterocycles. The number of fused-ring (bicyclic) bond motifs is 1. The monoisotopic (exact) mass is 429 g/mol. The minimum atomic E-state index is -0.417. The summed E-state index contributed by atoms with van der Waals surface area (Å²) in [4.78, 5) is 39.5. The molecule has 1 unspecified atom stereocenters. The topological polar surface area (TPSA) is 88.2 Å². The maximum Gasteiger partial charge on any atom is 0.254 e. The van der Waals surface area contributed by atoms with E-state index in [9.17, 15) is 14.4 Å². The van der Waals surface area contributed by atoms with E-state index < -0.39 is 11.8 Å². The van der Waals surface area contributed by atoms with E-state index >= 15 is 0 Å². The molecule has 0 aromatic heterocycles. The lowest BCUT2D eigenvalue weighted by atomic mass is 9.95. The summed E-state index contributed by atoms with van der Waals surface area (Å²) in [6.45, 7) is 2.99. The van der Waals surface area contributed by atoms with Crippen molar-refractivity contribution in [2.75, 3.05) is 38.8 Å². The van der Waals surface area contributed by atoms with Gasteiger partial charge in [0.25, 0.3) is 5.91 Å². The molecular formula is C23H31N3O5. The zero-order valence-corrected chi connectivity index (χ0v) is 18.2. The highest BCUT2D eigenvalue weighted by Gasteiger charge is 2.36. The molecule has 0 bridgehead atoms. The number of hydrogen-bond acceptors (Lipinski definition) is 7. The molecule has 168 valence electrons. The van der Waals surface area contributed by atoms with Crippen LogP contribution < -0.4 is 10.2 Å². The second-order valence-corrected chi connectivity index (χ2v) is 8.65. The Morgan fingerprint density at radius 1 is 1.16 bits per heavy atom. The molecule has 8 nitrogen and oxygen atoms in total. The lowest BCUT2D eigenvalue weighted by Crippen LogP contribution is -2.52. The second kappa shape index (κ2) is 9.46. The van der Waals surface area contributed by atoms with Crippen LogP contribution >= 0.6 is 0 Å². The van der Waals surface area contributed by atoms with Crippen LogP contribution in [0.4, 0.5) is 5.69 Å². The number of carbonyl (C=O) groups excluding carboxylic acids is 3. The van der Waals surface area contributed by atoms with Gasteiger partial charge in [0.1, 0.15) is 0 Å². The van der Waals surface area contributed by atoms with E-state index in [1.807, 2.05) is 17.0 Å². The first-order valence-electron chi connectivity index (χ1n) is 11.0. The van der Waals surface area contributed by atoms with Crippen molar-refractivity contribution in [3.05, 3.63) is 29.3 Å². The number of Topliss-reactive ketones (excluding diaryl/α,β-unsaturated/α-hetero) is 1. The Bertz CT molecular complexity index is 825. The SMILES string of the molecule is COC(OC)C1CCN(c2ccc3c(c2)CN([C@H]2CCC(C(=O)C=O)NC2)C3=O)CC1. The zero-order valence-electron chi connectivity index (χ0n) is 18.2. The standard InChI is InChI=1S/C23H31N3O5/c1-30-23(31-2)15-7-9-25(10-8-15)17-3-5-19-16(11-17)13-26(22(19)29)18-4-6-20(24-12-18)21(28)14-27/h3,5,11,14-15,18,20,23-24H,4,6-10,12-13H2,1-2H3/t18-,20?/m0/s1. The third-order valence-corrected chi connectivity index (χ3v) is 6.96. The second-order valence-electron chi connectivity index (χ2n) is 8.65. The molecule has 2 fully saturated rings. The highest BCUT2D eigenvalue weighted by atomic mass is 16.7. The summed E-state index contributed by atoms with van der Waals surface area (Å²) in [7, 11) is 3.37. The highest BCUT2D eigenvalue weighted by Crippen LogP contribution is 2.32. The maximum atomic E-state index is 13.0. The van der Waals surface area contributed by atoms with Gasteiger partial charge in [0.2, 0.25) is 5.78 Å². The molecule has 4 rings (SSSR count). The van der Waals surface area contributed by atoms with Gasteiger partial charge < -0.3 is 24.6 Å². The fourth-order valence-electron chi connectivity index (χ4n) is 5.16. The van der Waals surface area contributed by atoms with Gasteiger partial charge in [0.05, 0.1) is 6.04 Å². The molecular weight excluding hydrogens is 398 g/mol. The van der Waals surface area contributed by atoms with Crippen molar-refractivity contribution >= 4 is 23.7 Å². The number of ether oxygens (including phenoxy) is 2. The molecule has 0 aliphatic carbocycles. The molecule has 0 saturated carbocycles. The summed E-state index contributed by atoms with van der Waals surface area (Å²) in [5.74, 6) is 0.0342. The number of amides is 1. The highest BCUT2D eigenvalue weighted by molar-refractivity contribution is 6.27.